The molecular formula is C10H6BrF2N3OS. The topological polar surface area (TPSA) is 68.0 Å². The van der Waals surface area contributed by atoms with Crippen molar-refractivity contribution in [3.63, 3.8) is 0 Å². The zero-order chi connectivity index (χ0) is 13.3. The molecule has 18 heavy (non-hydrogen) atoms. The molecule has 0 spiro atoms. The normalized spacial score (nSPS) is 10.4. The number of nitrogens with one attached hydrogen (secondary N) is 1. The predicted octanol–water partition coefficient (Wildman–Crippen LogP) is 3.02. The molecule has 8 heteroatoms. The molecule has 0 aliphatic carbocycles. The molecule has 0 saturated heterocycles. The van der Waals surface area contributed by atoms with Gasteiger partial charge in [0.1, 0.15) is 11.6 Å². The first-order chi connectivity index (χ1) is 8.47. The van der Waals surface area contributed by atoms with E-state index >= 15 is 0 Å². The minimum atomic E-state index is -0.977. The smallest absolute Gasteiger partial charge is 0.260 e. The van der Waals surface area contributed by atoms with Crippen molar-refractivity contribution in [3.8, 4) is 0 Å². The SMILES string of the molecule is Nc1cc(C(=O)Nc2ncc(Br)s2)c(F)cc1F. The molecule has 1 aromatic carbocycles. The number of aromatic nitrogens is 1. The van der Waals surface area contributed by atoms with Crippen LogP contribution in [0.25, 0.3) is 0 Å². The minimum absolute atomic E-state index is 0.290. The van der Waals surface area contributed by atoms with Crippen LogP contribution in [0.3, 0.4) is 0 Å². The van der Waals surface area contributed by atoms with E-state index < -0.39 is 17.5 Å². The predicted molar refractivity (Wildman–Crippen MR) is 68.5 cm³/mol. The summed E-state index contributed by atoms with van der Waals surface area (Å²) < 4.78 is 27.1. The zero-order valence-electron chi connectivity index (χ0n) is 8.71. The largest absolute Gasteiger partial charge is 0.396 e. The van der Waals surface area contributed by atoms with Crippen molar-refractivity contribution >= 4 is 44.0 Å². The van der Waals surface area contributed by atoms with Crippen LogP contribution in [-0.4, -0.2) is 10.9 Å². The van der Waals surface area contributed by atoms with Gasteiger partial charge in [0.15, 0.2) is 5.13 Å². The van der Waals surface area contributed by atoms with Crippen molar-refractivity contribution in [3.05, 3.63) is 39.3 Å². The van der Waals surface area contributed by atoms with Crippen LogP contribution < -0.4 is 11.1 Å². The molecule has 0 unspecified atom stereocenters. The summed E-state index contributed by atoms with van der Waals surface area (Å²) in [6, 6.07) is 1.52. The van der Waals surface area contributed by atoms with Gasteiger partial charge >= 0.3 is 0 Å². The molecule has 0 bridgehead atoms. The van der Waals surface area contributed by atoms with E-state index in [1.54, 1.807) is 0 Å². The van der Waals surface area contributed by atoms with E-state index in [9.17, 15) is 13.6 Å². The summed E-state index contributed by atoms with van der Waals surface area (Å²) in [6.45, 7) is 0. The molecule has 1 amide bonds. The van der Waals surface area contributed by atoms with Gasteiger partial charge in [0.05, 0.1) is 21.2 Å². The Kier molecular flexibility index (Phi) is 3.58. The summed E-state index contributed by atoms with van der Waals surface area (Å²) in [4.78, 5) is 15.6. The number of rotatable bonds is 2. The lowest BCUT2D eigenvalue weighted by molar-refractivity contribution is 0.102. The highest BCUT2D eigenvalue weighted by molar-refractivity contribution is 9.11. The van der Waals surface area contributed by atoms with Crippen LogP contribution in [0.15, 0.2) is 22.1 Å². The van der Waals surface area contributed by atoms with Crippen LogP contribution in [0.4, 0.5) is 19.6 Å². The maximum atomic E-state index is 13.4. The lowest BCUT2D eigenvalue weighted by atomic mass is 10.1. The highest BCUT2D eigenvalue weighted by Crippen LogP contribution is 2.24. The molecule has 2 rings (SSSR count). The molecule has 4 nitrogen and oxygen atoms in total. The van der Waals surface area contributed by atoms with Crippen LogP contribution in [0.2, 0.25) is 0 Å². The van der Waals surface area contributed by atoms with Crippen molar-refractivity contribution in [2.75, 3.05) is 11.1 Å². The number of carbonyl (C=O) groups is 1. The van der Waals surface area contributed by atoms with Crippen molar-refractivity contribution in [1.82, 2.24) is 4.98 Å². The second-order valence-corrected chi connectivity index (χ2v) is 5.69. The molecule has 2 aromatic rings. The number of carbonyl (C=O) groups excluding carboxylic acids is 1. The van der Waals surface area contributed by atoms with Crippen molar-refractivity contribution in [2.45, 2.75) is 0 Å². The summed E-state index contributed by atoms with van der Waals surface area (Å²) >= 11 is 4.34. The van der Waals surface area contributed by atoms with E-state index in [4.69, 9.17) is 5.73 Å². The van der Waals surface area contributed by atoms with E-state index in [-0.39, 0.29) is 11.3 Å². The second kappa shape index (κ2) is 4.99. The number of benzene rings is 1. The molecule has 0 aliphatic rings. The second-order valence-electron chi connectivity index (χ2n) is 3.28. The highest BCUT2D eigenvalue weighted by Gasteiger charge is 2.16. The average molecular weight is 334 g/mol. The number of hydrogen-bond donors (Lipinski definition) is 2. The number of amides is 1. The average Bonchev–Trinajstić information content (AvgIpc) is 2.69. The van der Waals surface area contributed by atoms with Gasteiger partial charge < -0.3 is 5.73 Å². The third-order valence-corrected chi connectivity index (χ3v) is 3.42. The molecule has 0 aliphatic heterocycles. The van der Waals surface area contributed by atoms with Gasteiger partial charge in [-0.2, -0.15) is 0 Å². The Hall–Kier alpha value is -1.54. The third kappa shape index (κ3) is 2.65. The molecule has 0 saturated carbocycles. The van der Waals surface area contributed by atoms with E-state index in [1.165, 1.54) is 17.5 Å². The number of nitrogen functional groups attached to an aromatic ring is 1. The number of nitrogens with zero attached hydrogens (tertiary/aromatic N) is 1. The summed E-state index contributed by atoms with van der Waals surface area (Å²) in [6.07, 6.45) is 1.50. The van der Waals surface area contributed by atoms with Crippen LogP contribution in [0, 0.1) is 11.6 Å². The monoisotopic (exact) mass is 333 g/mol. The van der Waals surface area contributed by atoms with E-state index in [2.05, 4.69) is 26.2 Å². The Balaban J connectivity index is 2.26. The van der Waals surface area contributed by atoms with Gasteiger partial charge in [0.2, 0.25) is 0 Å². The summed E-state index contributed by atoms with van der Waals surface area (Å²) in [5, 5.41) is 2.69. The Labute approximate surface area is 113 Å². The number of halogens is 3. The Bertz CT molecular complexity index is 617. The molecular weight excluding hydrogens is 328 g/mol. The lowest BCUT2D eigenvalue weighted by Gasteiger charge is -2.05. The molecule has 0 radical (unpaired) electrons. The molecule has 94 valence electrons. The van der Waals surface area contributed by atoms with Gasteiger partial charge in [-0.25, -0.2) is 13.8 Å². The lowest BCUT2D eigenvalue weighted by Crippen LogP contribution is -2.14. The maximum absolute atomic E-state index is 13.4. The Morgan fingerprint density at radius 1 is 1.39 bits per heavy atom. The van der Waals surface area contributed by atoms with Crippen molar-refractivity contribution in [2.24, 2.45) is 0 Å². The molecule has 0 fully saturated rings. The minimum Gasteiger partial charge on any atom is -0.396 e. The number of anilines is 2. The van der Waals surface area contributed by atoms with Gasteiger partial charge in [0.25, 0.3) is 5.91 Å². The van der Waals surface area contributed by atoms with Crippen LogP contribution in [0.5, 0.6) is 0 Å². The first-order valence-corrected chi connectivity index (χ1v) is 6.25. The number of hydrogen-bond acceptors (Lipinski definition) is 4. The molecule has 1 heterocycles. The van der Waals surface area contributed by atoms with E-state index in [0.717, 1.165) is 9.85 Å². The first kappa shape index (κ1) is 12.9. The van der Waals surface area contributed by atoms with Crippen LogP contribution in [0.1, 0.15) is 10.4 Å². The summed E-state index contributed by atoms with van der Waals surface area (Å²) in [7, 11) is 0. The number of thiazole rings is 1. The Morgan fingerprint density at radius 2 is 2.11 bits per heavy atom. The van der Waals surface area contributed by atoms with Gasteiger partial charge in [-0.1, -0.05) is 11.3 Å². The van der Waals surface area contributed by atoms with Crippen molar-refractivity contribution in [1.29, 1.82) is 0 Å². The third-order valence-electron chi connectivity index (χ3n) is 2.03. The van der Waals surface area contributed by atoms with Crippen LogP contribution >= 0.6 is 27.3 Å². The fourth-order valence-electron chi connectivity index (χ4n) is 1.22. The quantitative estimate of drug-likeness (QED) is 0.830. The van der Waals surface area contributed by atoms with Gasteiger partial charge in [0, 0.05) is 6.07 Å². The van der Waals surface area contributed by atoms with Gasteiger partial charge in [-0.05, 0) is 22.0 Å². The van der Waals surface area contributed by atoms with E-state index in [0.29, 0.717) is 11.2 Å². The molecule has 3 N–H and O–H groups in total. The Morgan fingerprint density at radius 3 is 2.72 bits per heavy atom. The number of nitrogens with two attached hydrogens (primary N) is 1. The summed E-state index contributed by atoms with van der Waals surface area (Å²) in [5.74, 6) is -2.61. The van der Waals surface area contributed by atoms with Crippen molar-refractivity contribution < 1.29 is 13.6 Å². The standard InChI is InChI=1S/C10H6BrF2N3OS/c11-8-3-15-10(18-8)16-9(17)4-1-7(14)6(13)2-5(4)12/h1-3H,14H2,(H,15,16,17). The zero-order valence-corrected chi connectivity index (χ0v) is 11.1. The fraction of sp³-hybridized carbons (Fsp3) is 0. The van der Waals surface area contributed by atoms with Crippen LogP contribution in [-0.2, 0) is 0 Å². The molecule has 1 aromatic heterocycles. The maximum Gasteiger partial charge on any atom is 0.260 e. The van der Waals surface area contributed by atoms with Gasteiger partial charge in [-0.3, -0.25) is 10.1 Å². The fourth-order valence-corrected chi connectivity index (χ4v) is 2.32. The highest BCUT2D eigenvalue weighted by atomic mass is 79.9. The first-order valence-electron chi connectivity index (χ1n) is 4.64. The van der Waals surface area contributed by atoms with E-state index in [1.807, 2.05) is 0 Å². The van der Waals surface area contributed by atoms with Gasteiger partial charge in [-0.15, -0.1) is 0 Å². The summed E-state index contributed by atoms with van der Waals surface area (Å²) in [5.41, 5.74) is 4.66. The molecule has 0 atom stereocenters.